The summed E-state index contributed by atoms with van der Waals surface area (Å²) in [5, 5.41) is 11.6. The summed E-state index contributed by atoms with van der Waals surface area (Å²) in [6, 6.07) is 0.189. The van der Waals surface area contributed by atoms with Crippen molar-refractivity contribution in [1.82, 2.24) is 5.32 Å². The molecule has 0 unspecified atom stereocenters. The molecule has 0 aromatic rings. The number of thiol groups is 1. The van der Waals surface area contributed by atoms with Gasteiger partial charge in [-0.2, -0.15) is 12.6 Å². The minimum absolute atomic E-state index is 0.0553. The van der Waals surface area contributed by atoms with E-state index < -0.39 is 0 Å². The number of nitrogens with one attached hydrogen (secondary N) is 1. The summed E-state index contributed by atoms with van der Waals surface area (Å²) in [5.74, 6) is 0.173. The molecule has 1 rings (SSSR count). The van der Waals surface area contributed by atoms with Crippen LogP contribution >= 0.6 is 12.6 Å². The van der Waals surface area contributed by atoms with Crippen molar-refractivity contribution in [3.63, 3.8) is 0 Å². The fourth-order valence-corrected chi connectivity index (χ4v) is 1.07. The van der Waals surface area contributed by atoms with Crippen molar-refractivity contribution in [3.05, 3.63) is 0 Å². The first-order chi connectivity index (χ1) is 4.72. The Bertz CT molecular complexity index is 134. The van der Waals surface area contributed by atoms with Gasteiger partial charge in [0, 0.05) is 6.04 Å². The standard InChI is InChI=1S/C6H11NO2S/c8-5-1-4(2-5)7-6(9)3-10/h4-5,8,10H,1-3H2,(H,7,9). The topological polar surface area (TPSA) is 49.3 Å². The number of aliphatic hydroxyl groups is 1. The quantitative estimate of drug-likeness (QED) is 0.481. The Morgan fingerprint density at radius 2 is 2.30 bits per heavy atom. The lowest BCUT2D eigenvalue weighted by Gasteiger charge is -2.31. The van der Waals surface area contributed by atoms with E-state index in [2.05, 4.69) is 17.9 Å². The molecule has 0 aromatic heterocycles. The average Bonchev–Trinajstić information content (AvgIpc) is 1.84. The highest BCUT2D eigenvalue weighted by atomic mass is 32.1. The smallest absolute Gasteiger partial charge is 0.229 e. The van der Waals surface area contributed by atoms with Crippen LogP contribution in [0.25, 0.3) is 0 Å². The van der Waals surface area contributed by atoms with Crippen molar-refractivity contribution < 1.29 is 9.90 Å². The van der Waals surface area contributed by atoms with Crippen LogP contribution in [-0.4, -0.2) is 28.9 Å². The highest BCUT2D eigenvalue weighted by molar-refractivity contribution is 7.81. The van der Waals surface area contributed by atoms with Crippen LogP contribution in [0.3, 0.4) is 0 Å². The summed E-state index contributed by atoms with van der Waals surface area (Å²) >= 11 is 3.80. The van der Waals surface area contributed by atoms with Crippen molar-refractivity contribution in [1.29, 1.82) is 0 Å². The predicted octanol–water partition coefficient (Wildman–Crippen LogP) is -0.444. The van der Waals surface area contributed by atoms with E-state index in [1.807, 2.05) is 0 Å². The van der Waals surface area contributed by atoms with Crippen LogP contribution in [0.1, 0.15) is 12.8 Å². The van der Waals surface area contributed by atoms with E-state index in [1.165, 1.54) is 0 Å². The molecule has 0 saturated heterocycles. The molecule has 10 heavy (non-hydrogen) atoms. The van der Waals surface area contributed by atoms with E-state index in [0.29, 0.717) is 12.8 Å². The molecular weight excluding hydrogens is 150 g/mol. The maximum absolute atomic E-state index is 10.7. The normalized spacial score (nSPS) is 31.0. The summed E-state index contributed by atoms with van der Waals surface area (Å²) in [6.45, 7) is 0. The second-order valence-corrected chi connectivity index (χ2v) is 2.86. The minimum atomic E-state index is -0.204. The Kier molecular flexibility index (Phi) is 2.56. The van der Waals surface area contributed by atoms with E-state index in [1.54, 1.807) is 0 Å². The molecule has 0 aromatic carbocycles. The molecule has 1 fully saturated rings. The molecule has 1 aliphatic carbocycles. The monoisotopic (exact) mass is 161 g/mol. The van der Waals surface area contributed by atoms with Gasteiger partial charge in [0.25, 0.3) is 0 Å². The van der Waals surface area contributed by atoms with Gasteiger partial charge in [-0.15, -0.1) is 0 Å². The summed E-state index contributed by atoms with van der Waals surface area (Å²) in [5.41, 5.74) is 0. The van der Waals surface area contributed by atoms with Crippen molar-refractivity contribution >= 4 is 18.5 Å². The van der Waals surface area contributed by atoms with Crippen LogP contribution in [0.4, 0.5) is 0 Å². The van der Waals surface area contributed by atoms with Gasteiger partial charge in [0.05, 0.1) is 11.9 Å². The third kappa shape index (κ3) is 1.88. The number of carbonyl (C=O) groups is 1. The molecule has 1 amide bonds. The number of amides is 1. The number of carbonyl (C=O) groups excluding carboxylic acids is 1. The van der Waals surface area contributed by atoms with Crippen LogP contribution in [-0.2, 0) is 4.79 Å². The minimum Gasteiger partial charge on any atom is -0.393 e. The van der Waals surface area contributed by atoms with Crippen molar-refractivity contribution in [2.75, 3.05) is 5.75 Å². The Labute approximate surface area is 65.2 Å². The summed E-state index contributed by atoms with van der Waals surface area (Å²) < 4.78 is 0. The number of hydrogen-bond acceptors (Lipinski definition) is 3. The lowest BCUT2D eigenvalue weighted by atomic mass is 9.89. The summed E-state index contributed by atoms with van der Waals surface area (Å²) in [7, 11) is 0. The van der Waals surface area contributed by atoms with Gasteiger partial charge >= 0.3 is 0 Å². The van der Waals surface area contributed by atoms with Crippen LogP contribution in [0.5, 0.6) is 0 Å². The van der Waals surface area contributed by atoms with Crippen LogP contribution in [0, 0.1) is 0 Å². The fraction of sp³-hybridized carbons (Fsp3) is 0.833. The van der Waals surface area contributed by atoms with Gasteiger partial charge in [-0.05, 0) is 12.8 Å². The molecule has 0 radical (unpaired) electrons. The summed E-state index contributed by atoms with van der Waals surface area (Å²) in [4.78, 5) is 10.7. The highest BCUT2D eigenvalue weighted by Crippen LogP contribution is 2.18. The Hall–Kier alpha value is -0.220. The van der Waals surface area contributed by atoms with E-state index in [4.69, 9.17) is 5.11 Å². The first-order valence-electron chi connectivity index (χ1n) is 3.30. The maximum atomic E-state index is 10.7. The Morgan fingerprint density at radius 1 is 1.70 bits per heavy atom. The summed E-state index contributed by atoms with van der Waals surface area (Å²) in [6.07, 6.45) is 1.18. The van der Waals surface area contributed by atoms with E-state index in [0.717, 1.165) is 0 Å². The molecule has 0 bridgehead atoms. The molecule has 1 aliphatic rings. The average molecular weight is 161 g/mol. The molecule has 0 spiro atoms. The maximum Gasteiger partial charge on any atom is 0.229 e. The second kappa shape index (κ2) is 3.25. The largest absolute Gasteiger partial charge is 0.393 e. The molecule has 2 N–H and O–H groups in total. The lowest BCUT2D eigenvalue weighted by molar-refractivity contribution is -0.120. The van der Waals surface area contributed by atoms with Gasteiger partial charge in [-0.3, -0.25) is 4.79 Å². The lowest BCUT2D eigenvalue weighted by Crippen LogP contribution is -2.47. The number of aliphatic hydroxyl groups excluding tert-OH is 1. The third-order valence-corrected chi connectivity index (χ3v) is 1.91. The first kappa shape index (κ1) is 7.88. The van der Waals surface area contributed by atoms with Crippen LogP contribution in [0.15, 0.2) is 0 Å². The van der Waals surface area contributed by atoms with Crippen molar-refractivity contribution in [2.45, 2.75) is 25.0 Å². The van der Waals surface area contributed by atoms with Gasteiger partial charge in [0.2, 0.25) is 5.91 Å². The molecule has 0 heterocycles. The van der Waals surface area contributed by atoms with Crippen LogP contribution < -0.4 is 5.32 Å². The molecule has 0 atom stereocenters. The molecule has 4 heteroatoms. The van der Waals surface area contributed by atoms with Gasteiger partial charge < -0.3 is 10.4 Å². The third-order valence-electron chi connectivity index (χ3n) is 1.62. The number of hydrogen-bond donors (Lipinski definition) is 3. The zero-order valence-corrected chi connectivity index (χ0v) is 6.47. The molecule has 1 saturated carbocycles. The van der Waals surface area contributed by atoms with Gasteiger partial charge in [-0.1, -0.05) is 0 Å². The zero-order valence-electron chi connectivity index (χ0n) is 5.58. The van der Waals surface area contributed by atoms with Gasteiger partial charge in [0.15, 0.2) is 0 Å². The fourth-order valence-electron chi connectivity index (χ4n) is 0.979. The zero-order chi connectivity index (χ0) is 7.56. The second-order valence-electron chi connectivity index (χ2n) is 2.55. The van der Waals surface area contributed by atoms with Crippen molar-refractivity contribution in [3.8, 4) is 0 Å². The highest BCUT2D eigenvalue weighted by Gasteiger charge is 2.27. The van der Waals surface area contributed by atoms with E-state index >= 15 is 0 Å². The number of rotatable bonds is 2. The van der Waals surface area contributed by atoms with Gasteiger partial charge in [0.1, 0.15) is 0 Å². The predicted molar refractivity (Wildman–Crippen MR) is 41.0 cm³/mol. The SMILES string of the molecule is O=C(CS)NC1CC(O)C1. The Morgan fingerprint density at radius 3 is 2.70 bits per heavy atom. The molecule has 58 valence electrons. The van der Waals surface area contributed by atoms with E-state index in [-0.39, 0.29) is 23.8 Å². The van der Waals surface area contributed by atoms with Crippen molar-refractivity contribution in [2.24, 2.45) is 0 Å². The molecule has 3 nitrogen and oxygen atoms in total. The van der Waals surface area contributed by atoms with Crippen LogP contribution in [0.2, 0.25) is 0 Å². The van der Waals surface area contributed by atoms with Gasteiger partial charge in [-0.25, -0.2) is 0 Å². The first-order valence-corrected chi connectivity index (χ1v) is 3.94. The van der Waals surface area contributed by atoms with E-state index in [9.17, 15) is 4.79 Å². The molecule has 0 aliphatic heterocycles. The molecular formula is C6H11NO2S. The Balaban J connectivity index is 2.10.